The molecule has 0 aromatic heterocycles. The van der Waals surface area contributed by atoms with Crippen LogP contribution in [0.25, 0.3) is 0 Å². The number of benzene rings is 2. The Balaban J connectivity index is 1.80. The molecule has 0 fully saturated rings. The summed E-state index contributed by atoms with van der Waals surface area (Å²) in [6.07, 6.45) is 0.171. The molecular weight excluding hydrogens is 377 g/mol. The van der Waals surface area contributed by atoms with Crippen molar-refractivity contribution in [3.63, 3.8) is 0 Å². The fourth-order valence-corrected chi connectivity index (χ4v) is 2.46. The van der Waals surface area contributed by atoms with Crippen LogP contribution in [-0.2, 0) is 14.3 Å². The fourth-order valence-electron chi connectivity index (χ4n) is 2.13. The van der Waals surface area contributed by atoms with Gasteiger partial charge in [-0.1, -0.05) is 53.2 Å². The van der Waals surface area contributed by atoms with Crippen molar-refractivity contribution in [3.8, 4) is 0 Å². The number of halogens is 2. The fraction of sp³-hybridized carbons (Fsp3) is 0.222. The van der Waals surface area contributed by atoms with Crippen LogP contribution >= 0.6 is 15.9 Å². The summed E-state index contributed by atoms with van der Waals surface area (Å²) in [6.45, 7) is 1.46. The molecule has 0 radical (unpaired) electrons. The highest BCUT2D eigenvalue weighted by molar-refractivity contribution is 9.10. The summed E-state index contributed by atoms with van der Waals surface area (Å²) < 4.78 is 19.1. The molecule has 0 aliphatic carbocycles. The highest BCUT2D eigenvalue weighted by Crippen LogP contribution is 2.20. The number of esters is 1. The third kappa shape index (κ3) is 5.45. The zero-order chi connectivity index (χ0) is 17.5. The highest BCUT2D eigenvalue weighted by atomic mass is 79.9. The summed E-state index contributed by atoms with van der Waals surface area (Å²) in [6, 6.07) is 13.8. The minimum Gasteiger partial charge on any atom is -0.456 e. The lowest BCUT2D eigenvalue weighted by Crippen LogP contribution is -2.22. The first-order valence-electron chi connectivity index (χ1n) is 7.41. The van der Waals surface area contributed by atoms with Crippen LogP contribution in [0.4, 0.5) is 10.1 Å². The van der Waals surface area contributed by atoms with Gasteiger partial charge in [-0.05, 0) is 29.7 Å². The first kappa shape index (κ1) is 18.1. The van der Waals surface area contributed by atoms with Crippen LogP contribution < -0.4 is 5.32 Å². The molecule has 0 spiro atoms. The maximum Gasteiger partial charge on any atom is 0.306 e. The van der Waals surface area contributed by atoms with Crippen LogP contribution in [-0.4, -0.2) is 18.5 Å². The van der Waals surface area contributed by atoms with Crippen LogP contribution in [0.5, 0.6) is 0 Å². The average Bonchev–Trinajstić information content (AvgIpc) is 2.56. The van der Waals surface area contributed by atoms with Crippen molar-refractivity contribution in [1.82, 2.24) is 0 Å². The molecule has 2 aromatic carbocycles. The predicted octanol–water partition coefficient (Wildman–Crippen LogP) is 4.26. The van der Waals surface area contributed by atoms with Gasteiger partial charge in [-0.15, -0.1) is 0 Å². The van der Waals surface area contributed by atoms with Crippen molar-refractivity contribution in [2.45, 2.75) is 19.3 Å². The Morgan fingerprint density at radius 3 is 2.58 bits per heavy atom. The number of hydrogen-bond acceptors (Lipinski definition) is 3. The quantitative estimate of drug-likeness (QED) is 0.745. The molecule has 0 aliphatic rings. The van der Waals surface area contributed by atoms with E-state index in [0.29, 0.717) is 4.47 Å². The summed E-state index contributed by atoms with van der Waals surface area (Å²) in [7, 11) is 0. The zero-order valence-electron chi connectivity index (χ0n) is 13.1. The van der Waals surface area contributed by atoms with E-state index in [1.807, 2.05) is 37.3 Å². The van der Waals surface area contributed by atoms with E-state index in [9.17, 15) is 14.0 Å². The number of nitrogens with one attached hydrogen (secondary N) is 1. The smallest absolute Gasteiger partial charge is 0.306 e. The van der Waals surface area contributed by atoms with E-state index >= 15 is 0 Å². The Hall–Kier alpha value is -2.21. The predicted molar refractivity (Wildman–Crippen MR) is 93.2 cm³/mol. The topological polar surface area (TPSA) is 55.4 Å². The van der Waals surface area contributed by atoms with Gasteiger partial charge >= 0.3 is 5.97 Å². The second kappa shape index (κ2) is 8.59. The molecular formula is C18H17BrFNO3. The van der Waals surface area contributed by atoms with Crippen molar-refractivity contribution >= 4 is 33.5 Å². The Labute approximate surface area is 148 Å². The molecule has 4 nitrogen and oxygen atoms in total. The molecule has 0 saturated heterocycles. The summed E-state index contributed by atoms with van der Waals surface area (Å²) >= 11 is 3.13. The SMILES string of the molecule is C[C@H](CC(=O)OCC(=O)Nc1ccc(Br)cc1F)c1ccccc1. The van der Waals surface area contributed by atoms with Crippen molar-refractivity contribution in [2.75, 3.05) is 11.9 Å². The molecule has 1 N–H and O–H groups in total. The Bertz CT molecular complexity index is 721. The number of carbonyl (C=O) groups excluding carboxylic acids is 2. The molecule has 0 saturated carbocycles. The molecule has 1 amide bonds. The Morgan fingerprint density at radius 1 is 1.21 bits per heavy atom. The van der Waals surface area contributed by atoms with Crippen LogP contribution in [0.2, 0.25) is 0 Å². The second-order valence-electron chi connectivity index (χ2n) is 5.35. The molecule has 2 rings (SSSR count). The lowest BCUT2D eigenvalue weighted by molar-refractivity contribution is -0.147. The van der Waals surface area contributed by atoms with Crippen molar-refractivity contribution in [2.24, 2.45) is 0 Å². The zero-order valence-corrected chi connectivity index (χ0v) is 14.7. The Morgan fingerprint density at radius 2 is 1.92 bits per heavy atom. The normalized spacial score (nSPS) is 11.6. The molecule has 2 aromatic rings. The number of ether oxygens (including phenoxy) is 1. The van der Waals surface area contributed by atoms with E-state index in [-0.39, 0.29) is 18.0 Å². The van der Waals surface area contributed by atoms with E-state index in [1.165, 1.54) is 12.1 Å². The molecule has 6 heteroatoms. The summed E-state index contributed by atoms with van der Waals surface area (Å²) in [5, 5.41) is 2.37. The van der Waals surface area contributed by atoms with Gasteiger partial charge in [0, 0.05) is 4.47 Å². The first-order valence-corrected chi connectivity index (χ1v) is 8.20. The lowest BCUT2D eigenvalue weighted by Gasteiger charge is -2.11. The monoisotopic (exact) mass is 393 g/mol. The first-order chi connectivity index (χ1) is 11.5. The van der Waals surface area contributed by atoms with Crippen LogP contribution in [0.15, 0.2) is 53.0 Å². The minimum atomic E-state index is -0.586. The van der Waals surface area contributed by atoms with Crippen LogP contribution in [0.3, 0.4) is 0 Å². The average molecular weight is 394 g/mol. The van der Waals surface area contributed by atoms with Crippen molar-refractivity contribution in [3.05, 3.63) is 64.4 Å². The maximum absolute atomic E-state index is 13.6. The van der Waals surface area contributed by atoms with Crippen molar-refractivity contribution < 1.29 is 18.7 Å². The van der Waals surface area contributed by atoms with Gasteiger partial charge in [0.25, 0.3) is 5.91 Å². The third-order valence-electron chi connectivity index (χ3n) is 3.41. The van der Waals surface area contributed by atoms with Gasteiger partial charge in [0.2, 0.25) is 0 Å². The molecule has 24 heavy (non-hydrogen) atoms. The third-order valence-corrected chi connectivity index (χ3v) is 3.90. The molecule has 0 unspecified atom stereocenters. The second-order valence-corrected chi connectivity index (χ2v) is 6.26. The highest BCUT2D eigenvalue weighted by Gasteiger charge is 2.14. The number of amides is 1. The van der Waals surface area contributed by atoms with E-state index in [0.717, 1.165) is 5.56 Å². The van der Waals surface area contributed by atoms with Gasteiger partial charge in [0.1, 0.15) is 5.82 Å². The van der Waals surface area contributed by atoms with Gasteiger partial charge in [-0.25, -0.2) is 4.39 Å². The Kier molecular flexibility index (Phi) is 6.49. The maximum atomic E-state index is 13.6. The lowest BCUT2D eigenvalue weighted by atomic mass is 9.98. The van der Waals surface area contributed by atoms with Crippen LogP contribution in [0.1, 0.15) is 24.8 Å². The van der Waals surface area contributed by atoms with E-state index in [1.54, 1.807) is 6.07 Å². The van der Waals surface area contributed by atoms with Gasteiger partial charge < -0.3 is 10.1 Å². The number of carbonyl (C=O) groups is 2. The van der Waals surface area contributed by atoms with Crippen LogP contribution in [0, 0.1) is 5.82 Å². The number of rotatable bonds is 6. The molecule has 0 aliphatic heterocycles. The van der Waals surface area contributed by atoms with Crippen molar-refractivity contribution in [1.29, 1.82) is 0 Å². The standard InChI is InChI=1S/C18H17BrFNO3/c1-12(13-5-3-2-4-6-13)9-18(23)24-11-17(22)21-16-8-7-14(19)10-15(16)20/h2-8,10,12H,9,11H2,1H3,(H,21,22)/t12-/m1/s1. The summed E-state index contributed by atoms with van der Waals surface area (Å²) in [4.78, 5) is 23.6. The van der Waals surface area contributed by atoms with Gasteiger partial charge in [-0.3, -0.25) is 9.59 Å². The van der Waals surface area contributed by atoms with Gasteiger partial charge in [0.15, 0.2) is 6.61 Å². The molecule has 126 valence electrons. The van der Waals surface area contributed by atoms with E-state index in [2.05, 4.69) is 21.2 Å². The number of anilines is 1. The largest absolute Gasteiger partial charge is 0.456 e. The van der Waals surface area contributed by atoms with E-state index < -0.39 is 24.3 Å². The van der Waals surface area contributed by atoms with Gasteiger partial charge in [-0.2, -0.15) is 0 Å². The molecule has 0 bridgehead atoms. The number of hydrogen-bond donors (Lipinski definition) is 1. The van der Waals surface area contributed by atoms with E-state index in [4.69, 9.17) is 4.74 Å². The minimum absolute atomic E-state index is 0.00863. The molecule has 1 atom stereocenters. The van der Waals surface area contributed by atoms with Gasteiger partial charge in [0.05, 0.1) is 12.1 Å². The summed E-state index contributed by atoms with van der Waals surface area (Å²) in [5.41, 5.74) is 1.06. The summed E-state index contributed by atoms with van der Waals surface area (Å²) in [5.74, 6) is -1.64. The molecule has 0 heterocycles.